The number of hydrogen-bond acceptors (Lipinski definition) is 4. The molecule has 2 aromatic heterocycles. The van der Waals surface area contributed by atoms with Crippen molar-refractivity contribution < 1.29 is 9.32 Å². The van der Waals surface area contributed by atoms with Crippen molar-refractivity contribution in [2.75, 3.05) is 7.05 Å². The van der Waals surface area contributed by atoms with E-state index in [0.29, 0.717) is 18.0 Å². The number of carbonyl (C=O) groups is 1. The molecule has 0 aliphatic carbocycles. The number of benzene rings is 1. The Morgan fingerprint density at radius 1 is 1.24 bits per heavy atom. The lowest BCUT2D eigenvalue weighted by Gasteiger charge is -2.16. The van der Waals surface area contributed by atoms with E-state index < -0.39 is 0 Å². The van der Waals surface area contributed by atoms with Crippen LogP contribution in [0, 0.1) is 13.8 Å². The average molecular weight is 338 g/mol. The predicted octanol–water partition coefficient (Wildman–Crippen LogP) is 3.45. The zero-order chi connectivity index (χ0) is 18.0. The zero-order valence-corrected chi connectivity index (χ0v) is 15.0. The zero-order valence-electron chi connectivity index (χ0n) is 15.0. The lowest BCUT2D eigenvalue weighted by atomic mass is 10.1. The number of rotatable bonds is 5. The van der Waals surface area contributed by atoms with Gasteiger partial charge in [0.05, 0.1) is 5.69 Å². The van der Waals surface area contributed by atoms with Crippen molar-refractivity contribution in [3.05, 3.63) is 59.0 Å². The van der Waals surface area contributed by atoms with E-state index in [1.807, 2.05) is 48.9 Å². The van der Waals surface area contributed by atoms with Gasteiger partial charge in [-0.15, -0.1) is 0 Å². The topological polar surface area (TPSA) is 64.2 Å². The summed E-state index contributed by atoms with van der Waals surface area (Å²) >= 11 is 0. The third-order valence-corrected chi connectivity index (χ3v) is 4.36. The van der Waals surface area contributed by atoms with Gasteiger partial charge in [-0.25, -0.2) is 0 Å². The number of aryl methyl sites for hydroxylation is 2. The molecule has 1 aromatic carbocycles. The van der Waals surface area contributed by atoms with Crippen LogP contribution in [0.1, 0.15) is 34.4 Å². The Morgan fingerprint density at radius 3 is 2.60 bits per heavy atom. The molecule has 0 saturated heterocycles. The molecule has 0 saturated carbocycles. The standard InChI is InChI=1S/C19H22N4O2/c1-5-23-14(3)16(13(2)20-23)12-22(4)19(24)17-11-18(25-21-17)15-9-7-6-8-10-15/h6-11H,5,12H2,1-4H3. The van der Waals surface area contributed by atoms with Crippen LogP contribution in [-0.4, -0.2) is 32.8 Å². The first-order valence-corrected chi connectivity index (χ1v) is 8.31. The van der Waals surface area contributed by atoms with Crippen LogP contribution in [0.5, 0.6) is 0 Å². The Morgan fingerprint density at radius 2 is 1.96 bits per heavy atom. The van der Waals surface area contributed by atoms with E-state index in [0.717, 1.165) is 29.1 Å². The van der Waals surface area contributed by atoms with Gasteiger partial charge < -0.3 is 9.42 Å². The smallest absolute Gasteiger partial charge is 0.276 e. The maximum atomic E-state index is 12.7. The van der Waals surface area contributed by atoms with Gasteiger partial charge in [0.2, 0.25) is 0 Å². The van der Waals surface area contributed by atoms with Gasteiger partial charge in [0.1, 0.15) is 0 Å². The van der Waals surface area contributed by atoms with Gasteiger partial charge in [0.15, 0.2) is 11.5 Å². The molecule has 0 unspecified atom stereocenters. The van der Waals surface area contributed by atoms with Crippen molar-refractivity contribution in [3.63, 3.8) is 0 Å². The summed E-state index contributed by atoms with van der Waals surface area (Å²) in [5.74, 6) is 0.414. The van der Waals surface area contributed by atoms with E-state index >= 15 is 0 Å². The second-order valence-electron chi connectivity index (χ2n) is 6.07. The Balaban J connectivity index is 1.77. The molecule has 0 bridgehead atoms. The monoisotopic (exact) mass is 338 g/mol. The van der Waals surface area contributed by atoms with E-state index in [1.165, 1.54) is 0 Å². The van der Waals surface area contributed by atoms with Crippen molar-refractivity contribution in [1.82, 2.24) is 19.8 Å². The summed E-state index contributed by atoms with van der Waals surface area (Å²) in [6.45, 7) is 7.36. The van der Waals surface area contributed by atoms with E-state index in [2.05, 4.69) is 17.2 Å². The van der Waals surface area contributed by atoms with Crippen LogP contribution in [0.15, 0.2) is 40.9 Å². The van der Waals surface area contributed by atoms with Crippen LogP contribution in [0.2, 0.25) is 0 Å². The van der Waals surface area contributed by atoms with Crippen LogP contribution in [0.4, 0.5) is 0 Å². The SMILES string of the molecule is CCn1nc(C)c(CN(C)C(=O)c2cc(-c3ccccc3)on2)c1C. The minimum atomic E-state index is -0.172. The molecule has 130 valence electrons. The third kappa shape index (κ3) is 3.33. The summed E-state index contributed by atoms with van der Waals surface area (Å²) in [6.07, 6.45) is 0. The van der Waals surface area contributed by atoms with Crippen LogP contribution in [-0.2, 0) is 13.1 Å². The van der Waals surface area contributed by atoms with Crippen LogP contribution < -0.4 is 0 Å². The molecule has 6 heteroatoms. The van der Waals surface area contributed by atoms with Gasteiger partial charge in [0, 0.05) is 43.0 Å². The molecule has 1 amide bonds. The minimum Gasteiger partial charge on any atom is -0.355 e. The highest BCUT2D eigenvalue weighted by atomic mass is 16.5. The van der Waals surface area contributed by atoms with Gasteiger partial charge in [0.25, 0.3) is 5.91 Å². The van der Waals surface area contributed by atoms with Gasteiger partial charge in [-0.3, -0.25) is 9.48 Å². The average Bonchev–Trinajstić information content (AvgIpc) is 3.22. The largest absolute Gasteiger partial charge is 0.355 e. The Bertz CT molecular complexity index is 880. The lowest BCUT2D eigenvalue weighted by Crippen LogP contribution is -2.27. The van der Waals surface area contributed by atoms with E-state index in [4.69, 9.17) is 4.52 Å². The van der Waals surface area contributed by atoms with Gasteiger partial charge >= 0.3 is 0 Å². The van der Waals surface area contributed by atoms with Gasteiger partial charge in [-0.1, -0.05) is 35.5 Å². The number of aromatic nitrogens is 3. The highest BCUT2D eigenvalue weighted by Crippen LogP contribution is 2.21. The molecule has 2 heterocycles. The summed E-state index contributed by atoms with van der Waals surface area (Å²) in [6, 6.07) is 11.3. The second kappa shape index (κ2) is 6.93. The van der Waals surface area contributed by atoms with Crippen LogP contribution in [0.25, 0.3) is 11.3 Å². The summed E-state index contributed by atoms with van der Waals surface area (Å²) in [7, 11) is 1.77. The van der Waals surface area contributed by atoms with Gasteiger partial charge in [-0.05, 0) is 20.8 Å². The molecule has 0 aliphatic heterocycles. The Hall–Kier alpha value is -2.89. The molecule has 0 radical (unpaired) electrons. The van der Waals surface area contributed by atoms with Crippen molar-refractivity contribution >= 4 is 5.91 Å². The first-order chi connectivity index (χ1) is 12.0. The van der Waals surface area contributed by atoms with Crippen LogP contribution >= 0.6 is 0 Å². The van der Waals surface area contributed by atoms with Crippen molar-refractivity contribution in [2.24, 2.45) is 0 Å². The predicted molar refractivity (Wildman–Crippen MR) is 95.1 cm³/mol. The fourth-order valence-electron chi connectivity index (χ4n) is 2.89. The fraction of sp³-hybridized carbons (Fsp3) is 0.316. The first kappa shape index (κ1) is 17.0. The molecular formula is C19H22N4O2. The summed E-state index contributed by atoms with van der Waals surface area (Å²) in [4.78, 5) is 14.3. The number of amides is 1. The molecule has 6 nitrogen and oxygen atoms in total. The molecule has 0 aliphatic rings. The second-order valence-corrected chi connectivity index (χ2v) is 6.07. The lowest BCUT2D eigenvalue weighted by molar-refractivity contribution is 0.0774. The Labute approximate surface area is 147 Å². The minimum absolute atomic E-state index is 0.172. The van der Waals surface area contributed by atoms with E-state index in [9.17, 15) is 4.79 Å². The van der Waals surface area contributed by atoms with E-state index in [1.54, 1.807) is 18.0 Å². The highest BCUT2D eigenvalue weighted by molar-refractivity contribution is 5.92. The van der Waals surface area contributed by atoms with Crippen molar-refractivity contribution in [2.45, 2.75) is 33.9 Å². The number of carbonyl (C=O) groups excluding carboxylic acids is 1. The molecular weight excluding hydrogens is 316 g/mol. The van der Waals surface area contributed by atoms with Crippen LogP contribution in [0.3, 0.4) is 0 Å². The molecule has 0 atom stereocenters. The molecule has 0 N–H and O–H groups in total. The molecule has 0 fully saturated rings. The molecule has 25 heavy (non-hydrogen) atoms. The number of nitrogens with zero attached hydrogens (tertiary/aromatic N) is 4. The van der Waals surface area contributed by atoms with Gasteiger partial charge in [-0.2, -0.15) is 5.10 Å². The molecule has 0 spiro atoms. The van der Waals surface area contributed by atoms with Crippen molar-refractivity contribution in [1.29, 1.82) is 0 Å². The fourth-order valence-corrected chi connectivity index (χ4v) is 2.89. The molecule has 3 rings (SSSR count). The summed E-state index contributed by atoms with van der Waals surface area (Å²) in [5, 5.41) is 8.44. The first-order valence-electron chi connectivity index (χ1n) is 8.31. The maximum Gasteiger partial charge on any atom is 0.276 e. The summed E-state index contributed by atoms with van der Waals surface area (Å²) < 4.78 is 7.28. The van der Waals surface area contributed by atoms with E-state index in [-0.39, 0.29) is 5.91 Å². The highest BCUT2D eigenvalue weighted by Gasteiger charge is 2.20. The van der Waals surface area contributed by atoms with Crippen molar-refractivity contribution in [3.8, 4) is 11.3 Å². The Kier molecular flexibility index (Phi) is 4.70. The molecule has 3 aromatic rings. The number of hydrogen-bond donors (Lipinski definition) is 0. The maximum absolute atomic E-state index is 12.7. The quantitative estimate of drug-likeness (QED) is 0.715. The third-order valence-electron chi connectivity index (χ3n) is 4.36. The normalized spacial score (nSPS) is 10.9. The summed E-state index contributed by atoms with van der Waals surface area (Å²) in [5.41, 5.74) is 4.31.